The maximum Gasteiger partial charge on any atom is 0.405 e. The summed E-state index contributed by atoms with van der Waals surface area (Å²) in [5, 5.41) is 0.666. The predicted octanol–water partition coefficient (Wildman–Crippen LogP) is 2.65. The van der Waals surface area contributed by atoms with Crippen LogP contribution in [0.3, 0.4) is 0 Å². The maximum absolute atomic E-state index is 10.8. The number of amides is 1. The van der Waals surface area contributed by atoms with Crippen LogP contribution in [-0.2, 0) is 4.74 Å². The van der Waals surface area contributed by atoms with E-state index in [1.807, 2.05) is 38.1 Å². The van der Waals surface area contributed by atoms with Crippen molar-refractivity contribution < 1.29 is 9.53 Å². The Labute approximate surface area is 112 Å². The molecule has 4 nitrogen and oxygen atoms in total. The van der Waals surface area contributed by atoms with Gasteiger partial charge in [-0.15, -0.1) is 0 Å². The topological polar surface area (TPSA) is 78.3 Å². The Kier molecular flexibility index (Phi) is 4.99. The number of hydrogen-bond acceptors (Lipinski definition) is 3. The molecule has 1 unspecified atom stereocenters. The van der Waals surface area contributed by atoms with Crippen molar-refractivity contribution in [1.29, 1.82) is 0 Å². The first kappa shape index (κ1) is 14.8. The van der Waals surface area contributed by atoms with Crippen LogP contribution >= 0.6 is 11.6 Å². The van der Waals surface area contributed by atoms with Gasteiger partial charge in [-0.3, -0.25) is 0 Å². The number of nitrogens with two attached hydrogens (primary N) is 2. The van der Waals surface area contributed by atoms with Crippen LogP contribution in [-0.4, -0.2) is 18.2 Å². The normalized spacial score (nSPS) is 13.1. The van der Waals surface area contributed by atoms with Gasteiger partial charge < -0.3 is 16.2 Å². The molecule has 1 aromatic rings. The zero-order valence-corrected chi connectivity index (χ0v) is 11.4. The van der Waals surface area contributed by atoms with Crippen LogP contribution in [0, 0.1) is 0 Å². The molecule has 0 saturated heterocycles. The van der Waals surface area contributed by atoms with Crippen molar-refractivity contribution in [3.63, 3.8) is 0 Å². The summed E-state index contributed by atoms with van der Waals surface area (Å²) in [7, 11) is 0. The molecule has 0 spiro atoms. The lowest BCUT2D eigenvalue weighted by atomic mass is 9.88. The number of carbonyl (C=O) groups is 1. The maximum atomic E-state index is 10.8. The zero-order valence-electron chi connectivity index (χ0n) is 10.7. The van der Waals surface area contributed by atoms with Crippen LogP contribution < -0.4 is 11.5 Å². The molecule has 0 radical (unpaired) electrons. The van der Waals surface area contributed by atoms with Crippen LogP contribution in [0.4, 0.5) is 4.79 Å². The summed E-state index contributed by atoms with van der Waals surface area (Å²) in [5.74, 6) is 0.0676. The van der Waals surface area contributed by atoms with Crippen molar-refractivity contribution in [2.24, 2.45) is 11.5 Å². The summed E-state index contributed by atoms with van der Waals surface area (Å²) < 4.78 is 5.07. The Hall–Kier alpha value is -1.26. The molecule has 4 N–H and O–H groups in total. The largest absolute Gasteiger partial charge is 0.444 e. The molecule has 0 aromatic heterocycles. The molecule has 5 heteroatoms. The van der Waals surface area contributed by atoms with E-state index in [4.69, 9.17) is 27.8 Å². The van der Waals surface area contributed by atoms with E-state index in [0.717, 1.165) is 5.56 Å². The molecule has 1 rings (SSSR count). The fourth-order valence-electron chi connectivity index (χ4n) is 2.01. The minimum atomic E-state index is -0.776. The summed E-state index contributed by atoms with van der Waals surface area (Å²) in [6, 6.07) is 7.52. The Bertz CT molecular complexity index is 421. The number of carbonyl (C=O) groups excluding carboxylic acids is 1. The summed E-state index contributed by atoms with van der Waals surface area (Å²) in [5.41, 5.74) is 11.2. The van der Waals surface area contributed by atoms with E-state index in [2.05, 4.69) is 0 Å². The quantitative estimate of drug-likeness (QED) is 0.863. The minimum Gasteiger partial charge on any atom is -0.444 e. The molecule has 0 fully saturated rings. The third-order valence-electron chi connectivity index (χ3n) is 2.72. The van der Waals surface area contributed by atoms with Crippen molar-refractivity contribution in [2.75, 3.05) is 6.54 Å². The van der Waals surface area contributed by atoms with E-state index in [1.54, 1.807) is 0 Å². The average Bonchev–Trinajstić information content (AvgIpc) is 2.24. The number of rotatable bonds is 5. The van der Waals surface area contributed by atoms with Gasteiger partial charge in [-0.2, -0.15) is 0 Å². The van der Waals surface area contributed by atoms with Gasteiger partial charge in [-0.25, -0.2) is 4.79 Å². The van der Waals surface area contributed by atoms with Gasteiger partial charge in [0, 0.05) is 5.02 Å². The fourth-order valence-corrected chi connectivity index (χ4v) is 2.20. The molecule has 1 amide bonds. The number of primary amides is 1. The summed E-state index contributed by atoms with van der Waals surface area (Å²) in [6.45, 7) is 4.07. The minimum absolute atomic E-state index is 0.0676. The number of halogens is 1. The Morgan fingerprint density at radius 1 is 1.50 bits per heavy atom. The van der Waals surface area contributed by atoms with Crippen LogP contribution in [0.25, 0.3) is 0 Å². The highest BCUT2D eigenvalue weighted by atomic mass is 35.5. The van der Waals surface area contributed by atoms with E-state index in [0.29, 0.717) is 18.0 Å². The fraction of sp³-hybridized carbons (Fsp3) is 0.462. The number of ether oxygens (including phenoxy) is 1. The molecule has 100 valence electrons. The first-order chi connectivity index (χ1) is 8.34. The summed E-state index contributed by atoms with van der Waals surface area (Å²) in [4.78, 5) is 10.8. The van der Waals surface area contributed by atoms with E-state index in [9.17, 15) is 4.79 Å². The second-order valence-corrected chi connectivity index (χ2v) is 5.31. The number of benzene rings is 1. The van der Waals surface area contributed by atoms with Gasteiger partial charge in [-0.05, 0) is 50.4 Å². The Morgan fingerprint density at radius 3 is 2.67 bits per heavy atom. The average molecular weight is 271 g/mol. The van der Waals surface area contributed by atoms with E-state index in [-0.39, 0.29) is 5.92 Å². The first-order valence-corrected chi connectivity index (χ1v) is 6.16. The zero-order chi connectivity index (χ0) is 13.8. The smallest absolute Gasteiger partial charge is 0.405 e. The first-order valence-electron chi connectivity index (χ1n) is 5.78. The van der Waals surface area contributed by atoms with Crippen molar-refractivity contribution in [3.8, 4) is 0 Å². The SMILES string of the molecule is CC(C)(CC(CN)c1cccc(Cl)c1)OC(N)=O. The van der Waals surface area contributed by atoms with Crippen LogP contribution in [0.5, 0.6) is 0 Å². The molecule has 18 heavy (non-hydrogen) atoms. The van der Waals surface area contributed by atoms with Gasteiger partial charge in [0.2, 0.25) is 0 Å². The second kappa shape index (κ2) is 6.07. The lowest BCUT2D eigenvalue weighted by Gasteiger charge is -2.28. The molecular formula is C13H19ClN2O2. The van der Waals surface area contributed by atoms with Crippen LogP contribution in [0.2, 0.25) is 5.02 Å². The molecule has 0 heterocycles. The molecule has 0 aliphatic heterocycles. The number of hydrogen-bond donors (Lipinski definition) is 2. The van der Waals surface area contributed by atoms with Crippen molar-refractivity contribution in [1.82, 2.24) is 0 Å². The molecule has 0 saturated carbocycles. The van der Waals surface area contributed by atoms with Crippen molar-refractivity contribution in [2.45, 2.75) is 31.8 Å². The van der Waals surface area contributed by atoms with E-state index in [1.165, 1.54) is 0 Å². The van der Waals surface area contributed by atoms with Gasteiger partial charge in [0.05, 0.1) is 0 Å². The van der Waals surface area contributed by atoms with E-state index >= 15 is 0 Å². The molecular weight excluding hydrogens is 252 g/mol. The highest BCUT2D eigenvalue weighted by molar-refractivity contribution is 6.30. The third kappa shape index (κ3) is 4.55. The summed E-state index contributed by atoms with van der Waals surface area (Å²) in [6.07, 6.45) is -0.186. The van der Waals surface area contributed by atoms with Crippen LogP contribution in [0.1, 0.15) is 31.7 Å². The third-order valence-corrected chi connectivity index (χ3v) is 2.95. The molecule has 0 aliphatic carbocycles. The Morgan fingerprint density at radius 2 is 2.17 bits per heavy atom. The van der Waals surface area contributed by atoms with Gasteiger partial charge in [0.15, 0.2) is 0 Å². The lowest BCUT2D eigenvalue weighted by molar-refractivity contribution is 0.0342. The molecule has 0 aliphatic rings. The van der Waals surface area contributed by atoms with Gasteiger partial charge >= 0.3 is 6.09 Å². The highest BCUT2D eigenvalue weighted by Gasteiger charge is 2.26. The van der Waals surface area contributed by atoms with Crippen molar-refractivity contribution >= 4 is 17.7 Å². The van der Waals surface area contributed by atoms with Gasteiger partial charge in [-0.1, -0.05) is 23.7 Å². The lowest BCUT2D eigenvalue weighted by Crippen LogP contribution is -2.34. The van der Waals surface area contributed by atoms with Crippen LogP contribution in [0.15, 0.2) is 24.3 Å². The highest BCUT2D eigenvalue weighted by Crippen LogP contribution is 2.29. The Balaban J connectivity index is 2.82. The molecule has 1 atom stereocenters. The molecule has 1 aromatic carbocycles. The second-order valence-electron chi connectivity index (χ2n) is 4.87. The van der Waals surface area contributed by atoms with Gasteiger partial charge in [0.25, 0.3) is 0 Å². The van der Waals surface area contributed by atoms with E-state index < -0.39 is 11.7 Å². The summed E-state index contributed by atoms with van der Waals surface area (Å²) >= 11 is 5.96. The monoisotopic (exact) mass is 270 g/mol. The standard InChI is InChI=1S/C13H19ClN2O2/c1-13(2,18-12(16)17)7-10(8-15)9-4-3-5-11(14)6-9/h3-6,10H,7-8,15H2,1-2H3,(H2,16,17). The molecule has 0 bridgehead atoms. The van der Waals surface area contributed by atoms with Crippen molar-refractivity contribution in [3.05, 3.63) is 34.9 Å². The van der Waals surface area contributed by atoms with Gasteiger partial charge in [0.1, 0.15) is 5.60 Å². The predicted molar refractivity (Wildman–Crippen MR) is 72.6 cm³/mol.